The van der Waals surface area contributed by atoms with Crippen LogP contribution in [0.25, 0.3) is 0 Å². The summed E-state index contributed by atoms with van der Waals surface area (Å²) >= 11 is 3.36. The number of carbonyl (C=O) groups is 1. The summed E-state index contributed by atoms with van der Waals surface area (Å²) in [6, 6.07) is 7.12. The van der Waals surface area contributed by atoms with E-state index in [1.807, 2.05) is 38.1 Å². The van der Waals surface area contributed by atoms with Crippen LogP contribution in [0.5, 0.6) is 5.75 Å². The molecule has 0 aliphatic heterocycles. The van der Waals surface area contributed by atoms with Gasteiger partial charge in [0.05, 0.1) is 12.6 Å². The fraction of sp³-hybridized carbons (Fsp3) is 0.500. The number of ether oxygens (including phenoxy) is 1. The van der Waals surface area contributed by atoms with E-state index in [1.54, 1.807) is 0 Å². The first-order valence-electron chi connectivity index (χ1n) is 6.40. The van der Waals surface area contributed by atoms with E-state index < -0.39 is 6.04 Å². The Balaban J connectivity index is 0.00000361. The van der Waals surface area contributed by atoms with E-state index in [-0.39, 0.29) is 18.3 Å². The molecule has 0 bridgehead atoms. The molecule has 0 aliphatic carbocycles. The number of halogens is 2. The zero-order chi connectivity index (χ0) is 14.3. The quantitative estimate of drug-likeness (QED) is 0.730. The monoisotopic (exact) mass is 364 g/mol. The van der Waals surface area contributed by atoms with Gasteiger partial charge >= 0.3 is 0 Å². The summed E-state index contributed by atoms with van der Waals surface area (Å²) in [5.41, 5.74) is 5.77. The van der Waals surface area contributed by atoms with Crippen molar-refractivity contribution in [1.82, 2.24) is 5.32 Å². The fourth-order valence-corrected chi connectivity index (χ4v) is 1.88. The third-order valence-corrected chi connectivity index (χ3v) is 3.07. The van der Waals surface area contributed by atoms with Crippen LogP contribution in [0.3, 0.4) is 0 Å². The van der Waals surface area contributed by atoms with Gasteiger partial charge in [-0.25, -0.2) is 0 Å². The molecule has 114 valence electrons. The van der Waals surface area contributed by atoms with E-state index in [0.717, 1.165) is 10.2 Å². The fourth-order valence-electron chi connectivity index (χ4n) is 1.62. The highest BCUT2D eigenvalue weighted by Gasteiger charge is 2.13. The van der Waals surface area contributed by atoms with Crippen molar-refractivity contribution in [3.63, 3.8) is 0 Å². The predicted molar refractivity (Wildman–Crippen MR) is 87.3 cm³/mol. The van der Waals surface area contributed by atoms with Gasteiger partial charge in [-0.1, -0.05) is 29.8 Å². The predicted octanol–water partition coefficient (Wildman–Crippen LogP) is 2.74. The first-order chi connectivity index (χ1) is 8.99. The van der Waals surface area contributed by atoms with Gasteiger partial charge in [-0.3, -0.25) is 4.79 Å². The van der Waals surface area contributed by atoms with Gasteiger partial charge in [0.25, 0.3) is 0 Å². The number of hydrogen-bond acceptors (Lipinski definition) is 3. The Bertz CT molecular complexity index is 399. The van der Waals surface area contributed by atoms with Gasteiger partial charge in [0.15, 0.2) is 0 Å². The maximum Gasteiger partial charge on any atom is 0.237 e. The minimum Gasteiger partial charge on any atom is -0.492 e. The standard InChI is InChI=1S/C14H21BrN2O2.ClH/c1-10(2)9-13(16)14(18)17-7-8-19-12-5-3-11(15)4-6-12;/h3-6,10,13H,7-9,16H2,1-2H3,(H,17,18);1H/t13-;/m0./s1. The Kier molecular flexibility index (Phi) is 9.63. The zero-order valence-corrected chi connectivity index (χ0v) is 14.2. The first-order valence-corrected chi connectivity index (χ1v) is 7.20. The third kappa shape index (κ3) is 7.72. The molecule has 20 heavy (non-hydrogen) atoms. The van der Waals surface area contributed by atoms with E-state index in [1.165, 1.54) is 0 Å². The van der Waals surface area contributed by atoms with Gasteiger partial charge in [0.2, 0.25) is 5.91 Å². The molecule has 0 saturated carbocycles. The van der Waals surface area contributed by atoms with Crippen LogP contribution in [0.15, 0.2) is 28.7 Å². The van der Waals surface area contributed by atoms with Crippen molar-refractivity contribution in [1.29, 1.82) is 0 Å². The van der Waals surface area contributed by atoms with Gasteiger partial charge in [-0.15, -0.1) is 12.4 Å². The number of rotatable bonds is 7. The van der Waals surface area contributed by atoms with Crippen molar-refractivity contribution in [3.8, 4) is 5.75 Å². The Morgan fingerprint density at radius 2 is 1.95 bits per heavy atom. The van der Waals surface area contributed by atoms with Crippen LogP contribution in [0.4, 0.5) is 0 Å². The topological polar surface area (TPSA) is 64.4 Å². The molecule has 0 aliphatic rings. The lowest BCUT2D eigenvalue weighted by Crippen LogP contribution is -2.42. The molecule has 1 amide bonds. The molecular weight excluding hydrogens is 344 g/mol. The second-order valence-corrected chi connectivity index (χ2v) is 5.75. The molecule has 0 aromatic heterocycles. The van der Waals surface area contributed by atoms with Gasteiger partial charge in [-0.2, -0.15) is 0 Å². The van der Waals surface area contributed by atoms with Crippen molar-refractivity contribution in [2.75, 3.05) is 13.2 Å². The maximum absolute atomic E-state index is 11.6. The SMILES string of the molecule is CC(C)C[C@H](N)C(=O)NCCOc1ccc(Br)cc1.Cl. The summed E-state index contributed by atoms with van der Waals surface area (Å²) in [7, 11) is 0. The Morgan fingerprint density at radius 3 is 2.50 bits per heavy atom. The smallest absolute Gasteiger partial charge is 0.237 e. The molecule has 1 rings (SSSR count). The second kappa shape index (κ2) is 10.0. The van der Waals surface area contributed by atoms with Gasteiger partial charge in [-0.05, 0) is 36.6 Å². The number of carbonyl (C=O) groups excluding carboxylic acids is 1. The normalized spacial score (nSPS) is 11.7. The molecule has 0 unspecified atom stereocenters. The molecule has 4 nitrogen and oxygen atoms in total. The van der Waals surface area contributed by atoms with Crippen LogP contribution < -0.4 is 15.8 Å². The number of nitrogens with one attached hydrogen (secondary N) is 1. The van der Waals surface area contributed by atoms with Crippen molar-refractivity contribution in [2.45, 2.75) is 26.3 Å². The van der Waals surface area contributed by atoms with Crippen LogP contribution in [-0.2, 0) is 4.79 Å². The van der Waals surface area contributed by atoms with E-state index in [9.17, 15) is 4.79 Å². The largest absolute Gasteiger partial charge is 0.492 e. The molecule has 0 fully saturated rings. The average Bonchev–Trinajstić information content (AvgIpc) is 2.35. The molecule has 0 radical (unpaired) electrons. The summed E-state index contributed by atoms with van der Waals surface area (Å²) in [6.45, 7) is 4.98. The lowest BCUT2D eigenvalue weighted by molar-refractivity contribution is -0.122. The molecule has 3 N–H and O–H groups in total. The number of amides is 1. The minimum atomic E-state index is -0.437. The number of benzene rings is 1. The minimum absolute atomic E-state index is 0. The molecular formula is C14H22BrClN2O2. The van der Waals surface area contributed by atoms with Crippen LogP contribution in [0.1, 0.15) is 20.3 Å². The van der Waals surface area contributed by atoms with Crippen LogP contribution >= 0.6 is 28.3 Å². The highest BCUT2D eigenvalue weighted by molar-refractivity contribution is 9.10. The average molecular weight is 366 g/mol. The summed E-state index contributed by atoms with van der Waals surface area (Å²) in [5, 5.41) is 2.77. The molecule has 1 aromatic carbocycles. The summed E-state index contributed by atoms with van der Waals surface area (Å²) in [4.78, 5) is 11.6. The van der Waals surface area contributed by atoms with Crippen molar-refractivity contribution < 1.29 is 9.53 Å². The van der Waals surface area contributed by atoms with E-state index >= 15 is 0 Å². The second-order valence-electron chi connectivity index (χ2n) is 4.83. The highest BCUT2D eigenvalue weighted by Crippen LogP contribution is 2.15. The van der Waals surface area contributed by atoms with Crippen molar-refractivity contribution >= 4 is 34.2 Å². The highest BCUT2D eigenvalue weighted by atomic mass is 79.9. The van der Waals surface area contributed by atoms with Gasteiger partial charge < -0.3 is 15.8 Å². The lowest BCUT2D eigenvalue weighted by Gasteiger charge is -2.14. The van der Waals surface area contributed by atoms with Crippen molar-refractivity contribution in [3.05, 3.63) is 28.7 Å². The molecule has 1 aromatic rings. The molecule has 6 heteroatoms. The van der Waals surface area contributed by atoms with E-state index in [2.05, 4.69) is 21.2 Å². The lowest BCUT2D eigenvalue weighted by atomic mass is 10.0. The van der Waals surface area contributed by atoms with Crippen LogP contribution in [0.2, 0.25) is 0 Å². The van der Waals surface area contributed by atoms with Gasteiger partial charge in [0, 0.05) is 4.47 Å². The van der Waals surface area contributed by atoms with Crippen molar-refractivity contribution in [2.24, 2.45) is 11.7 Å². The van der Waals surface area contributed by atoms with E-state index in [4.69, 9.17) is 10.5 Å². The maximum atomic E-state index is 11.6. The van der Waals surface area contributed by atoms with E-state index in [0.29, 0.717) is 25.5 Å². The third-order valence-electron chi connectivity index (χ3n) is 2.55. The van der Waals surface area contributed by atoms with Crippen LogP contribution in [-0.4, -0.2) is 25.1 Å². The van der Waals surface area contributed by atoms with Crippen LogP contribution in [0, 0.1) is 5.92 Å². The summed E-state index contributed by atoms with van der Waals surface area (Å²) in [5.74, 6) is 1.08. The molecule has 0 spiro atoms. The molecule has 0 saturated heterocycles. The zero-order valence-electron chi connectivity index (χ0n) is 11.8. The molecule has 1 atom stereocenters. The van der Waals surface area contributed by atoms with Gasteiger partial charge in [0.1, 0.15) is 12.4 Å². The Morgan fingerprint density at radius 1 is 1.35 bits per heavy atom. The summed E-state index contributed by atoms with van der Waals surface area (Å²) in [6.07, 6.45) is 0.694. The number of hydrogen-bond donors (Lipinski definition) is 2. The number of nitrogens with two attached hydrogens (primary N) is 1. The molecule has 0 heterocycles. The summed E-state index contributed by atoms with van der Waals surface area (Å²) < 4.78 is 6.50. The Hall–Kier alpha value is -0.780. The Labute approximate surface area is 135 Å². The first kappa shape index (κ1) is 19.2.